The number of benzene rings is 1. The van der Waals surface area contributed by atoms with Gasteiger partial charge >= 0.3 is 0 Å². The Kier molecular flexibility index (Phi) is 4.27. The van der Waals surface area contributed by atoms with E-state index in [-0.39, 0.29) is 29.0 Å². The number of para-hydroxylation sites is 1. The molecular formula is C14H20N2O3. The van der Waals surface area contributed by atoms with Crippen molar-refractivity contribution in [3.63, 3.8) is 0 Å². The second kappa shape index (κ2) is 5.93. The normalized spacial score (nSPS) is 16.6. The molecule has 2 rings (SSSR count). The summed E-state index contributed by atoms with van der Waals surface area (Å²) in [5, 5.41) is 9.84. The van der Waals surface area contributed by atoms with E-state index >= 15 is 0 Å². The number of carbonyl (C=O) groups is 1. The molecule has 1 aliphatic heterocycles. The number of nitrogens with zero attached hydrogens (tertiary/aromatic N) is 1. The zero-order valence-corrected chi connectivity index (χ0v) is 11.1. The van der Waals surface area contributed by atoms with Crippen molar-refractivity contribution in [2.75, 3.05) is 25.4 Å². The van der Waals surface area contributed by atoms with Crippen molar-refractivity contribution in [1.82, 2.24) is 4.90 Å². The molecular weight excluding hydrogens is 244 g/mol. The zero-order chi connectivity index (χ0) is 13.8. The standard InChI is InChI=1S/C14H20N2O3/c1-2-19-10-6-8-16(9-7-10)14(18)11-4-3-5-12(15)13(11)17/h3-5,10,17H,2,6-9,15H2,1H3. The largest absolute Gasteiger partial charge is 0.505 e. The molecule has 1 saturated heterocycles. The van der Waals surface area contributed by atoms with Crippen LogP contribution >= 0.6 is 0 Å². The average Bonchev–Trinajstić information content (AvgIpc) is 2.42. The lowest BCUT2D eigenvalue weighted by Gasteiger charge is -2.32. The van der Waals surface area contributed by atoms with Gasteiger partial charge in [0.15, 0.2) is 5.75 Å². The number of phenols is 1. The fourth-order valence-electron chi connectivity index (χ4n) is 2.37. The van der Waals surface area contributed by atoms with Gasteiger partial charge in [-0.25, -0.2) is 0 Å². The van der Waals surface area contributed by atoms with E-state index < -0.39 is 0 Å². The van der Waals surface area contributed by atoms with Crippen LogP contribution in [0.2, 0.25) is 0 Å². The van der Waals surface area contributed by atoms with E-state index in [1.54, 1.807) is 23.1 Å². The second-order valence-electron chi connectivity index (χ2n) is 4.69. The Morgan fingerprint density at radius 3 is 2.79 bits per heavy atom. The van der Waals surface area contributed by atoms with E-state index in [0.29, 0.717) is 19.7 Å². The van der Waals surface area contributed by atoms with Gasteiger partial charge < -0.3 is 20.5 Å². The van der Waals surface area contributed by atoms with Gasteiger partial charge in [-0.2, -0.15) is 0 Å². The molecule has 0 atom stereocenters. The van der Waals surface area contributed by atoms with Gasteiger partial charge in [-0.05, 0) is 31.9 Å². The lowest BCUT2D eigenvalue weighted by Crippen LogP contribution is -2.40. The van der Waals surface area contributed by atoms with Crippen LogP contribution in [0.5, 0.6) is 5.75 Å². The maximum Gasteiger partial charge on any atom is 0.257 e. The molecule has 0 unspecified atom stereocenters. The molecule has 3 N–H and O–H groups in total. The van der Waals surface area contributed by atoms with Gasteiger partial charge in [-0.1, -0.05) is 6.07 Å². The Morgan fingerprint density at radius 1 is 1.47 bits per heavy atom. The highest BCUT2D eigenvalue weighted by Gasteiger charge is 2.25. The number of nitrogen functional groups attached to an aromatic ring is 1. The number of hydrogen-bond acceptors (Lipinski definition) is 4. The molecule has 1 aliphatic rings. The first kappa shape index (κ1) is 13.7. The number of rotatable bonds is 3. The molecule has 0 aromatic heterocycles. The fraction of sp³-hybridized carbons (Fsp3) is 0.500. The van der Waals surface area contributed by atoms with Crippen molar-refractivity contribution in [1.29, 1.82) is 0 Å². The highest BCUT2D eigenvalue weighted by Crippen LogP contribution is 2.26. The minimum atomic E-state index is -0.167. The van der Waals surface area contributed by atoms with Crippen molar-refractivity contribution >= 4 is 11.6 Å². The predicted molar refractivity (Wildman–Crippen MR) is 73.1 cm³/mol. The van der Waals surface area contributed by atoms with Crippen molar-refractivity contribution in [3.8, 4) is 5.75 Å². The maximum atomic E-state index is 12.3. The molecule has 5 nitrogen and oxygen atoms in total. The topological polar surface area (TPSA) is 75.8 Å². The third-order valence-electron chi connectivity index (χ3n) is 3.43. The van der Waals surface area contributed by atoms with Crippen LogP contribution < -0.4 is 5.73 Å². The van der Waals surface area contributed by atoms with Gasteiger partial charge in [0.2, 0.25) is 0 Å². The summed E-state index contributed by atoms with van der Waals surface area (Å²) in [5.41, 5.74) is 6.11. The highest BCUT2D eigenvalue weighted by molar-refractivity contribution is 5.98. The molecule has 1 fully saturated rings. The molecule has 19 heavy (non-hydrogen) atoms. The lowest BCUT2D eigenvalue weighted by atomic mass is 10.1. The van der Waals surface area contributed by atoms with Crippen LogP contribution in [0.4, 0.5) is 5.69 Å². The van der Waals surface area contributed by atoms with E-state index in [4.69, 9.17) is 10.5 Å². The third kappa shape index (κ3) is 2.98. The van der Waals surface area contributed by atoms with Crippen LogP contribution in [0.15, 0.2) is 18.2 Å². The van der Waals surface area contributed by atoms with E-state index in [9.17, 15) is 9.90 Å². The van der Waals surface area contributed by atoms with Gasteiger partial charge in [0.1, 0.15) is 0 Å². The van der Waals surface area contributed by atoms with E-state index in [2.05, 4.69) is 0 Å². The first-order valence-corrected chi connectivity index (χ1v) is 6.61. The molecule has 0 saturated carbocycles. The zero-order valence-electron chi connectivity index (χ0n) is 11.1. The smallest absolute Gasteiger partial charge is 0.257 e. The number of carbonyl (C=O) groups excluding carboxylic acids is 1. The monoisotopic (exact) mass is 264 g/mol. The van der Waals surface area contributed by atoms with Crippen molar-refractivity contribution in [3.05, 3.63) is 23.8 Å². The summed E-state index contributed by atoms with van der Waals surface area (Å²) in [7, 11) is 0. The fourth-order valence-corrected chi connectivity index (χ4v) is 2.37. The van der Waals surface area contributed by atoms with Gasteiger partial charge in [0.25, 0.3) is 5.91 Å². The quantitative estimate of drug-likeness (QED) is 0.642. The van der Waals surface area contributed by atoms with Crippen molar-refractivity contribution in [2.24, 2.45) is 0 Å². The first-order chi connectivity index (χ1) is 9.13. The number of nitrogens with two attached hydrogens (primary N) is 1. The summed E-state index contributed by atoms with van der Waals surface area (Å²) >= 11 is 0. The number of likely N-dealkylation sites (tertiary alicyclic amines) is 1. The molecule has 0 aliphatic carbocycles. The number of amides is 1. The van der Waals surface area contributed by atoms with Crippen LogP contribution in [0.3, 0.4) is 0 Å². The minimum Gasteiger partial charge on any atom is -0.505 e. The SMILES string of the molecule is CCOC1CCN(C(=O)c2cccc(N)c2O)CC1. The number of ether oxygens (including phenoxy) is 1. The molecule has 0 bridgehead atoms. The molecule has 1 aromatic carbocycles. The predicted octanol–water partition coefficient (Wildman–Crippen LogP) is 1.62. The molecule has 5 heteroatoms. The summed E-state index contributed by atoms with van der Waals surface area (Å²) in [6.45, 7) is 3.98. The van der Waals surface area contributed by atoms with Crippen molar-refractivity contribution in [2.45, 2.75) is 25.9 Å². The van der Waals surface area contributed by atoms with Crippen LogP contribution in [-0.2, 0) is 4.74 Å². The maximum absolute atomic E-state index is 12.3. The van der Waals surface area contributed by atoms with Gasteiger partial charge in [-0.3, -0.25) is 4.79 Å². The summed E-state index contributed by atoms with van der Waals surface area (Å²) in [4.78, 5) is 14.0. The van der Waals surface area contributed by atoms with Gasteiger partial charge in [0.05, 0.1) is 17.4 Å². The number of phenolic OH excluding ortho intramolecular Hbond substituents is 1. The van der Waals surface area contributed by atoms with E-state index in [1.165, 1.54) is 0 Å². The van der Waals surface area contributed by atoms with Gasteiger partial charge in [0, 0.05) is 19.7 Å². The second-order valence-corrected chi connectivity index (χ2v) is 4.69. The highest BCUT2D eigenvalue weighted by atomic mass is 16.5. The van der Waals surface area contributed by atoms with E-state index in [0.717, 1.165) is 12.8 Å². The number of anilines is 1. The minimum absolute atomic E-state index is 0.126. The molecule has 104 valence electrons. The van der Waals surface area contributed by atoms with Crippen LogP contribution in [0.25, 0.3) is 0 Å². The summed E-state index contributed by atoms with van der Waals surface area (Å²) < 4.78 is 5.55. The van der Waals surface area contributed by atoms with Crippen molar-refractivity contribution < 1.29 is 14.6 Å². The average molecular weight is 264 g/mol. The molecule has 1 amide bonds. The van der Waals surface area contributed by atoms with Crippen LogP contribution in [0.1, 0.15) is 30.1 Å². The molecule has 1 heterocycles. The lowest BCUT2D eigenvalue weighted by molar-refractivity contribution is 0.0145. The van der Waals surface area contributed by atoms with Gasteiger partial charge in [-0.15, -0.1) is 0 Å². The number of aromatic hydroxyl groups is 1. The Bertz CT molecular complexity index is 454. The molecule has 0 radical (unpaired) electrons. The Hall–Kier alpha value is -1.75. The summed E-state index contributed by atoms with van der Waals surface area (Å²) in [6, 6.07) is 4.85. The summed E-state index contributed by atoms with van der Waals surface area (Å²) in [5.74, 6) is -0.292. The Labute approximate surface area is 113 Å². The number of piperidine rings is 1. The number of hydrogen-bond donors (Lipinski definition) is 2. The Morgan fingerprint density at radius 2 is 2.16 bits per heavy atom. The summed E-state index contributed by atoms with van der Waals surface area (Å²) in [6.07, 6.45) is 1.91. The Balaban J connectivity index is 2.03. The first-order valence-electron chi connectivity index (χ1n) is 6.61. The van der Waals surface area contributed by atoms with Crippen LogP contribution in [-0.4, -0.2) is 41.7 Å². The van der Waals surface area contributed by atoms with E-state index in [1.807, 2.05) is 6.92 Å². The molecule has 1 aromatic rings. The molecule has 0 spiro atoms. The third-order valence-corrected chi connectivity index (χ3v) is 3.43. The van der Waals surface area contributed by atoms with Crippen LogP contribution in [0, 0.1) is 0 Å².